The molecular weight excluding hydrogens is 229 g/mol. The minimum atomic E-state index is -0.352. The van der Waals surface area contributed by atoms with Crippen molar-refractivity contribution < 1.29 is 9.38 Å². The summed E-state index contributed by atoms with van der Waals surface area (Å²) in [5, 5.41) is 0. The van der Waals surface area contributed by atoms with Crippen LogP contribution in [0.5, 0.6) is 0 Å². The van der Waals surface area contributed by atoms with E-state index in [0.717, 1.165) is 11.1 Å². The molecule has 18 heavy (non-hydrogen) atoms. The van der Waals surface area contributed by atoms with Crippen LogP contribution in [0.1, 0.15) is 11.1 Å². The number of halogens is 1. The van der Waals surface area contributed by atoms with Gasteiger partial charge in [-0.3, -0.25) is 0 Å². The number of fused-ring (bicyclic) bond motifs is 1. The lowest BCUT2D eigenvalue weighted by molar-refractivity contribution is -0.311. The zero-order valence-corrected chi connectivity index (χ0v) is 9.52. The van der Waals surface area contributed by atoms with Gasteiger partial charge in [-0.2, -0.15) is 0 Å². The van der Waals surface area contributed by atoms with Crippen molar-refractivity contribution in [3.63, 3.8) is 0 Å². The molecule has 0 spiro atoms. The second kappa shape index (κ2) is 4.07. The number of aliphatic imine (C=N–C) groups is 1. The van der Waals surface area contributed by atoms with E-state index in [9.17, 15) is 4.39 Å². The fourth-order valence-corrected chi connectivity index (χ4v) is 1.94. The molecule has 3 rings (SSSR count). The molecule has 3 nitrogen and oxygen atoms in total. The van der Waals surface area contributed by atoms with Crippen LogP contribution in [0.15, 0.2) is 53.5 Å². The van der Waals surface area contributed by atoms with Crippen molar-refractivity contribution in [3.05, 3.63) is 65.5 Å². The van der Waals surface area contributed by atoms with Crippen LogP contribution in [0, 0.1) is 5.82 Å². The molecule has 0 saturated carbocycles. The fourth-order valence-electron chi connectivity index (χ4n) is 1.94. The number of benzene rings is 2. The van der Waals surface area contributed by atoms with E-state index < -0.39 is 0 Å². The van der Waals surface area contributed by atoms with Crippen molar-refractivity contribution in [2.75, 3.05) is 0 Å². The molecule has 1 heterocycles. The van der Waals surface area contributed by atoms with Crippen molar-refractivity contribution in [2.45, 2.75) is 0 Å². The van der Waals surface area contributed by atoms with Crippen molar-refractivity contribution in [1.29, 1.82) is 0 Å². The highest BCUT2D eigenvalue weighted by molar-refractivity contribution is 6.12. The van der Waals surface area contributed by atoms with Gasteiger partial charge < -0.3 is 5.73 Å². The summed E-state index contributed by atoms with van der Waals surface area (Å²) in [5.74, 6) is 0.767. The summed E-state index contributed by atoms with van der Waals surface area (Å²) in [4.78, 5) is 7.25. The first-order chi connectivity index (χ1) is 8.75. The van der Waals surface area contributed by atoms with Crippen LogP contribution in [0.2, 0.25) is 0 Å². The maximum absolute atomic E-state index is 13.5. The fraction of sp³-hybridized carbons (Fsp3) is 0. The molecule has 0 unspecified atom stereocenters. The Kier molecular flexibility index (Phi) is 2.41. The second-order valence-corrected chi connectivity index (χ2v) is 4.00. The molecule has 4 heteroatoms. The quantitative estimate of drug-likeness (QED) is 0.757. The number of nitrogens with zero attached hydrogens (tertiary/aromatic N) is 1. The summed E-state index contributed by atoms with van der Waals surface area (Å²) in [6, 6.07) is 14.0. The lowest BCUT2D eigenvalue weighted by Gasteiger charge is -1.94. The third-order valence-corrected chi connectivity index (χ3v) is 2.81. The van der Waals surface area contributed by atoms with Gasteiger partial charge in [-0.05, 0) is 24.3 Å². The average Bonchev–Trinajstić information content (AvgIpc) is 2.70. The molecule has 2 aromatic rings. The van der Waals surface area contributed by atoms with Crippen LogP contribution in [0.25, 0.3) is 0 Å². The number of para-hydroxylation sites is 1. The van der Waals surface area contributed by atoms with Crippen molar-refractivity contribution >= 4 is 17.4 Å². The maximum atomic E-state index is 13.5. The number of rotatable bonds is 1. The molecule has 1 aliphatic heterocycles. The largest absolute Gasteiger partial charge is 0.318 e. The Morgan fingerprint density at radius 3 is 2.39 bits per heavy atom. The van der Waals surface area contributed by atoms with Crippen LogP contribution in [0.3, 0.4) is 0 Å². The number of hydrogen-bond donors (Lipinski definition) is 2. The van der Waals surface area contributed by atoms with E-state index in [1.54, 1.807) is 18.2 Å². The normalized spacial score (nSPS) is 15.6. The predicted molar refractivity (Wildman–Crippen MR) is 68.3 cm³/mol. The first-order valence-corrected chi connectivity index (χ1v) is 5.58. The number of amidine groups is 2. The summed E-state index contributed by atoms with van der Waals surface area (Å²) in [6.07, 6.45) is 0. The van der Waals surface area contributed by atoms with Gasteiger partial charge in [-0.25, -0.2) is 9.38 Å². The van der Waals surface area contributed by atoms with E-state index in [4.69, 9.17) is 5.73 Å². The van der Waals surface area contributed by atoms with E-state index in [1.807, 2.05) is 24.3 Å². The minimum Gasteiger partial charge on any atom is -0.318 e. The van der Waals surface area contributed by atoms with Gasteiger partial charge >= 0.3 is 0 Å². The Labute approximate surface area is 104 Å². The van der Waals surface area contributed by atoms with Gasteiger partial charge in [0.1, 0.15) is 0 Å². The summed E-state index contributed by atoms with van der Waals surface area (Å²) >= 11 is 0. The Morgan fingerprint density at radius 1 is 0.944 bits per heavy atom. The van der Waals surface area contributed by atoms with Crippen LogP contribution in [-0.4, -0.2) is 11.7 Å². The third kappa shape index (κ3) is 1.68. The standard InChI is InChI=1S/C14H10FN3/c15-11-7-3-4-8-12(11)17-14-10-6-2-1-5-9(10)13(16)18-14/h1-8H,(H2,16,17,18)/p+1. The van der Waals surface area contributed by atoms with Crippen LogP contribution in [0.4, 0.5) is 10.1 Å². The lowest BCUT2D eigenvalue weighted by atomic mass is 10.1. The van der Waals surface area contributed by atoms with Gasteiger partial charge in [0, 0.05) is 0 Å². The zero-order valence-electron chi connectivity index (χ0n) is 9.52. The molecular formula is C14H11FN3+. The maximum Gasteiger partial charge on any atom is 0.269 e. The molecule has 0 radical (unpaired) electrons. The van der Waals surface area contributed by atoms with Crippen LogP contribution in [-0.2, 0) is 0 Å². The van der Waals surface area contributed by atoms with E-state index in [1.165, 1.54) is 6.07 Å². The van der Waals surface area contributed by atoms with Gasteiger partial charge in [0.25, 0.3) is 5.84 Å². The van der Waals surface area contributed by atoms with Gasteiger partial charge in [-0.1, -0.05) is 24.3 Å². The summed E-state index contributed by atoms with van der Waals surface area (Å²) < 4.78 is 13.5. The first-order valence-electron chi connectivity index (χ1n) is 5.58. The molecule has 0 aromatic heterocycles. The van der Waals surface area contributed by atoms with Crippen LogP contribution >= 0.6 is 0 Å². The van der Waals surface area contributed by atoms with E-state index >= 15 is 0 Å². The molecule has 3 N–H and O–H groups in total. The topological polar surface area (TPSA) is 52.4 Å². The molecule has 1 aliphatic rings. The number of hydrogen-bond acceptors (Lipinski definition) is 2. The average molecular weight is 240 g/mol. The Hall–Kier alpha value is -2.49. The first kappa shape index (κ1) is 10.7. The minimum absolute atomic E-state index is 0.296. The van der Waals surface area contributed by atoms with Gasteiger partial charge in [0.2, 0.25) is 5.84 Å². The van der Waals surface area contributed by atoms with Crippen molar-refractivity contribution in [2.24, 2.45) is 10.7 Å². The lowest BCUT2D eigenvalue weighted by Crippen LogP contribution is -2.76. The Bertz CT molecular complexity index is 674. The van der Waals surface area contributed by atoms with Crippen LogP contribution < -0.4 is 10.7 Å². The number of nitrogen functional groups attached to an aromatic ring is 1. The molecule has 0 atom stereocenters. The molecule has 0 aliphatic carbocycles. The molecule has 0 fully saturated rings. The zero-order chi connectivity index (χ0) is 12.5. The highest BCUT2D eigenvalue weighted by Gasteiger charge is 2.24. The predicted octanol–water partition coefficient (Wildman–Crippen LogP) is 0.704. The second-order valence-electron chi connectivity index (χ2n) is 4.00. The molecule has 0 bridgehead atoms. The van der Waals surface area contributed by atoms with E-state index in [2.05, 4.69) is 9.98 Å². The Morgan fingerprint density at radius 2 is 1.61 bits per heavy atom. The smallest absolute Gasteiger partial charge is 0.269 e. The van der Waals surface area contributed by atoms with Gasteiger partial charge in [-0.15, -0.1) is 4.99 Å². The van der Waals surface area contributed by atoms with E-state index in [-0.39, 0.29) is 5.82 Å². The van der Waals surface area contributed by atoms with Gasteiger partial charge in [0.05, 0.1) is 11.1 Å². The van der Waals surface area contributed by atoms with Crippen molar-refractivity contribution in [1.82, 2.24) is 0 Å². The molecule has 0 amide bonds. The highest BCUT2D eigenvalue weighted by Crippen LogP contribution is 2.18. The third-order valence-electron chi connectivity index (χ3n) is 2.81. The van der Waals surface area contributed by atoms with Crippen molar-refractivity contribution in [3.8, 4) is 0 Å². The SMILES string of the molecule is NC1=[NH+]C(=Nc2ccccc2F)c2ccccc21. The summed E-state index contributed by atoms with van der Waals surface area (Å²) in [6.45, 7) is 0. The van der Waals surface area contributed by atoms with Gasteiger partial charge in [0.15, 0.2) is 11.5 Å². The summed E-state index contributed by atoms with van der Waals surface area (Å²) in [7, 11) is 0. The summed E-state index contributed by atoms with van der Waals surface area (Å²) in [5.41, 5.74) is 7.94. The van der Waals surface area contributed by atoms with E-state index in [0.29, 0.717) is 17.4 Å². The number of nitrogens with one attached hydrogen (secondary N) is 1. The Balaban J connectivity index is 2.13. The number of nitrogens with two attached hydrogens (primary N) is 1. The monoisotopic (exact) mass is 240 g/mol. The molecule has 0 saturated heterocycles. The molecule has 88 valence electrons. The molecule has 2 aromatic carbocycles. The highest BCUT2D eigenvalue weighted by atomic mass is 19.1.